The van der Waals surface area contributed by atoms with E-state index in [0.29, 0.717) is 18.1 Å². The van der Waals surface area contributed by atoms with E-state index in [0.717, 1.165) is 18.8 Å². The molecule has 31 heavy (non-hydrogen) atoms. The Morgan fingerprint density at radius 3 is 2.10 bits per heavy atom. The molecule has 0 spiro atoms. The lowest BCUT2D eigenvalue weighted by molar-refractivity contribution is 0.172. The van der Waals surface area contributed by atoms with Crippen molar-refractivity contribution in [3.05, 3.63) is 53.8 Å². The van der Waals surface area contributed by atoms with E-state index in [-0.39, 0.29) is 11.3 Å². The standard InChI is InChI=1S/C27H35F3O/c1-2-3-4-5-6-7-8-20-9-11-21(12-10-20)19-31-25-18-17-24(26(29)27(25)30)22-13-15-23(28)16-14-22/h13-18,20-21H,2-12,19H2,1H3/t20-,21-. The van der Waals surface area contributed by atoms with Crippen LogP contribution in [0.15, 0.2) is 36.4 Å². The summed E-state index contributed by atoms with van der Waals surface area (Å²) in [5.41, 5.74) is 0.549. The fourth-order valence-corrected chi connectivity index (χ4v) is 4.60. The number of halogens is 3. The molecule has 0 aliphatic heterocycles. The molecule has 1 aliphatic carbocycles. The Hall–Kier alpha value is -1.97. The number of benzene rings is 2. The summed E-state index contributed by atoms with van der Waals surface area (Å²) in [6.45, 7) is 2.67. The van der Waals surface area contributed by atoms with Gasteiger partial charge in [-0.1, -0.05) is 76.8 Å². The number of ether oxygens (including phenoxy) is 1. The summed E-state index contributed by atoms with van der Waals surface area (Å²) in [6, 6.07) is 8.33. The number of hydrogen-bond acceptors (Lipinski definition) is 1. The molecule has 1 fully saturated rings. The normalized spacial score (nSPS) is 18.8. The van der Waals surface area contributed by atoms with Gasteiger partial charge in [0.05, 0.1) is 6.61 Å². The van der Waals surface area contributed by atoms with Gasteiger partial charge in [-0.3, -0.25) is 0 Å². The third kappa shape index (κ3) is 7.02. The van der Waals surface area contributed by atoms with Gasteiger partial charge in [-0.15, -0.1) is 0 Å². The van der Waals surface area contributed by atoms with E-state index in [1.807, 2.05) is 0 Å². The smallest absolute Gasteiger partial charge is 0.201 e. The first kappa shape index (κ1) is 23.7. The fraction of sp³-hybridized carbons (Fsp3) is 0.556. The Kier molecular flexibility index (Phi) is 9.30. The van der Waals surface area contributed by atoms with Gasteiger partial charge in [-0.25, -0.2) is 8.78 Å². The van der Waals surface area contributed by atoms with Crippen LogP contribution in [0.5, 0.6) is 5.75 Å². The Bertz CT molecular complexity index is 795. The summed E-state index contributed by atoms with van der Waals surface area (Å²) in [6.07, 6.45) is 14.0. The van der Waals surface area contributed by atoms with Crippen molar-refractivity contribution in [1.82, 2.24) is 0 Å². The SMILES string of the molecule is CCCCCCCC[C@H]1CC[C@H](COc2ccc(-c3ccc(F)cc3)c(F)c2F)CC1. The quantitative estimate of drug-likeness (QED) is 0.323. The van der Waals surface area contributed by atoms with Crippen molar-refractivity contribution in [1.29, 1.82) is 0 Å². The van der Waals surface area contributed by atoms with Crippen LogP contribution < -0.4 is 4.74 Å². The largest absolute Gasteiger partial charge is 0.490 e. The van der Waals surface area contributed by atoms with E-state index in [2.05, 4.69) is 6.92 Å². The lowest BCUT2D eigenvalue weighted by Gasteiger charge is -2.28. The van der Waals surface area contributed by atoms with Gasteiger partial charge in [-0.2, -0.15) is 4.39 Å². The highest BCUT2D eigenvalue weighted by Crippen LogP contribution is 2.34. The number of rotatable bonds is 11. The molecule has 0 atom stereocenters. The second-order valence-electron chi connectivity index (χ2n) is 9.00. The van der Waals surface area contributed by atoms with Gasteiger partial charge in [0.15, 0.2) is 11.6 Å². The molecule has 0 unspecified atom stereocenters. The summed E-state index contributed by atoms with van der Waals surface area (Å²) in [5, 5.41) is 0. The summed E-state index contributed by atoms with van der Waals surface area (Å²) < 4.78 is 47.8. The fourth-order valence-electron chi connectivity index (χ4n) is 4.60. The van der Waals surface area contributed by atoms with Crippen molar-refractivity contribution in [3.63, 3.8) is 0 Å². The van der Waals surface area contributed by atoms with Crippen LogP contribution in [0.1, 0.15) is 77.6 Å². The van der Waals surface area contributed by atoms with Crippen molar-refractivity contribution in [2.45, 2.75) is 77.6 Å². The Balaban J connectivity index is 1.43. The molecule has 1 nitrogen and oxygen atoms in total. The van der Waals surface area contributed by atoms with E-state index < -0.39 is 17.5 Å². The number of hydrogen-bond donors (Lipinski definition) is 0. The molecular formula is C27H35F3O. The molecule has 0 radical (unpaired) electrons. The van der Waals surface area contributed by atoms with Crippen LogP contribution in [-0.2, 0) is 0 Å². The Labute approximate surface area is 185 Å². The van der Waals surface area contributed by atoms with Crippen LogP contribution in [0, 0.1) is 29.3 Å². The molecule has 0 heterocycles. The minimum Gasteiger partial charge on any atom is -0.490 e. The lowest BCUT2D eigenvalue weighted by atomic mass is 9.80. The molecule has 0 amide bonds. The molecule has 0 saturated heterocycles. The average molecular weight is 433 g/mol. The van der Waals surface area contributed by atoms with E-state index in [1.54, 1.807) is 0 Å². The molecule has 0 aromatic heterocycles. The highest BCUT2D eigenvalue weighted by Gasteiger charge is 2.22. The molecule has 0 N–H and O–H groups in total. The van der Waals surface area contributed by atoms with Crippen LogP contribution in [0.25, 0.3) is 11.1 Å². The molecule has 1 saturated carbocycles. The predicted molar refractivity (Wildman–Crippen MR) is 121 cm³/mol. The zero-order valence-corrected chi connectivity index (χ0v) is 18.6. The molecular weight excluding hydrogens is 397 g/mol. The van der Waals surface area contributed by atoms with Gasteiger partial charge in [0.25, 0.3) is 0 Å². The maximum absolute atomic E-state index is 14.5. The predicted octanol–water partition coefficient (Wildman–Crippen LogP) is 8.71. The van der Waals surface area contributed by atoms with Gasteiger partial charge in [0, 0.05) is 5.56 Å². The second-order valence-corrected chi connectivity index (χ2v) is 9.00. The van der Waals surface area contributed by atoms with Gasteiger partial charge >= 0.3 is 0 Å². The molecule has 3 rings (SSSR count). The maximum atomic E-state index is 14.5. The average Bonchev–Trinajstić information content (AvgIpc) is 2.79. The molecule has 4 heteroatoms. The van der Waals surface area contributed by atoms with E-state index in [1.165, 1.54) is 94.2 Å². The van der Waals surface area contributed by atoms with Gasteiger partial charge in [0.1, 0.15) is 5.82 Å². The summed E-state index contributed by atoms with van der Waals surface area (Å²) in [7, 11) is 0. The maximum Gasteiger partial charge on any atom is 0.201 e. The van der Waals surface area contributed by atoms with E-state index >= 15 is 0 Å². The monoisotopic (exact) mass is 432 g/mol. The first-order valence-corrected chi connectivity index (χ1v) is 11.9. The zero-order chi connectivity index (χ0) is 22.1. The van der Waals surface area contributed by atoms with Crippen molar-refractivity contribution < 1.29 is 17.9 Å². The molecule has 170 valence electrons. The van der Waals surface area contributed by atoms with Gasteiger partial charge < -0.3 is 4.74 Å². The van der Waals surface area contributed by atoms with E-state index in [9.17, 15) is 13.2 Å². The van der Waals surface area contributed by atoms with Crippen LogP contribution in [0.2, 0.25) is 0 Å². The summed E-state index contributed by atoms with van der Waals surface area (Å²) >= 11 is 0. The van der Waals surface area contributed by atoms with Crippen molar-refractivity contribution >= 4 is 0 Å². The summed E-state index contributed by atoms with van der Waals surface area (Å²) in [5.74, 6) is -1.17. The minimum absolute atomic E-state index is 0.0439. The van der Waals surface area contributed by atoms with Crippen molar-refractivity contribution in [3.8, 4) is 16.9 Å². The van der Waals surface area contributed by atoms with E-state index in [4.69, 9.17) is 4.74 Å². The van der Waals surface area contributed by atoms with Crippen LogP contribution in [0.3, 0.4) is 0 Å². The molecule has 0 bridgehead atoms. The van der Waals surface area contributed by atoms with Gasteiger partial charge in [-0.05, 0) is 54.5 Å². The van der Waals surface area contributed by atoms with Crippen molar-refractivity contribution in [2.75, 3.05) is 6.61 Å². The highest BCUT2D eigenvalue weighted by molar-refractivity contribution is 5.65. The first-order valence-electron chi connectivity index (χ1n) is 11.9. The van der Waals surface area contributed by atoms with Crippen LogP contribution in [-0.4, -0.2) is 6.61 Å². The number of unbranched alkanes of at least 4 members (excludes halogenated alkanes) is 5. The van der Waals surface area contributed by atoms with Crippen LogP contribution >= 0.6 is 0 Å². The zero-order valence-electron chi connectivity index (χ0n) is 18.6. The third-order valence-corrected chi connectivity index (χ3v) is 6.61. The third-order valence-electron chi connectivity index (χ3n) is 6.61. The molecule has 2 aromatic rings. The van der Waals surface area contributed by atoms with Gasteiger partial charge in [0.2, 0.25) is 5.82 Å². The lowest BCUT2D eigenvalue weighted by Crippen LogP contribution is -2.20. The Morgan fingerprint density at radius 2 is 1.39 bits per heavy atom. The molecule has 2 aromatic carbocycles. The highest BCUT2D eigenvalue weighted by atomic mass is 19.2. The summed E-state index contributed by atoms with van der Waals surface area (Å²) in [4.78, 5) is 0. The minimum atomic E-state index is -0.974. The first-order chi connectivity index (χ1) is 15.1. The topological polar surface area (TPSA) is 9.23 Å². The Morgan fingerprint density at radius 1 is 0.742 bits per heavy atom. The van der Waals surface area contributed by atoms with Crippen LogP contribution in [0.4, 0.5) is 13.2 Å². The second kappa shape index (κ2) is 12.2. The van der Waals surface area contributed by atoms with Crippen molar-refractivity contribution in [2.24, 2.45) is 11.8 Å². The molecule has 1 aliphatic rings.